The van der Waals surface area contributed by atoms with Gasteiger partial charge in [-0.2, -0.15) is 21.6 Å². The van der Waals surface area contributed by atoms with Crippen molar-refractivity contribution in [3.63, 3.8) is 0 Å². The molecule has 2 rings (SSSR count). The molecule has 0 radical (unpaired) electrons. The maximum atomic E-state index is 10.7. The van der Waals surface area contributed by atoms with Crippen LogP contribution in [0, 0.1) is 0 Å². The first-order chi connectivity index (χ1) is 9.70. The van der Waals surface area contributed by atoms with Gasteiger partial charge in [0.2, 0.25) is 0 Å². The van der Waals surface area contributed by atoms with Crippen LogP contribution in [0.2, 0.25) is 0 Å². The molecule has 2 aliphatic carbocycles. The molecule has 0 spiro atoms. The lowest BCUT2D eigenvalue weighted by atomic mass is 9.91. The van der Waals surface area contributed by atoms with Crippen molar-refractivity contribution in [1.29, 1.82) is 0 Å². The average Bonchev–Trinajstić information content (AvgIpc) is 2.39. The Bertz CT molecular complexity index is 370. The smallest absolute Gasteiger partial charge is 0.311 e. The third-order valence-electron chi connectivity index (χ3n) is 3.97. The highest BCUT2D eigenvalue weighted by Gasteiger charge is 2.44. The van der Waals surface area contributed by atoms with E-state index >= 15 is 0 Å². The number of alkyl halides is 3. The third-order valence-corrected chi connectivity index (χ3v) is 4.56. The van der Waals surface area contributed by atoms with Crippen LogP contribution in [0.15, 0.2) is 0 Å². The topological polar surface area (TPSA) is 66.4 Å². The monoisotopic (exact) mass is 331 g/mol. The second kappa shape index (κ2) is 8.33. The van der Waals surface area contributed by atoms with Gasteiger partial charge in [0, 0.05) is 12.1 Å². The standard InChI is InChI=1S/C12H23N.CHF3O3S/c1-3-7-11(8-4-1)13-12-9-5-2-6-10-12;2-1(3,4)8(5,6)7/h11-13H,1-10H2;(H,5,6,7). The van der Waals surface area contributed by atoms with Gasteiger partial charge in [-0.3, -0.25) is 4.55 Å². The molecular weight excluding hydrogens is 307 g/mol. The third kappa shape index (κ3) is 7.46. The number of halogens is 3. The second-order valence-corrected chi connectivity index (χ2v) is 7.17. The van der Waals surface area contributed by atoms with Gasteiger partial charge in [-0.1, -0.05) is 38.5 Å². The van der Waals surface area contributed by atoms with E-state index in [1.54, 1.807) is 0 Å². The van der Waals surface area contributed by atoms with Crippen LogP contribution in [0.25, 0.3) is 0 Å². The van der Waals surface area contributed by atoms with E-state index in [0.717, 1.165) is 12.1 Å². The summed E-state index contributed by atoms with van der Waals surface area (Å²) in [6, 6.07) is 1.74. The van der Waals surface area contributed by atoms with E-state index < -0.39 is 15.6 Å². The summed E-state index contributed by atoms with van der Waals surface area (Å²) in [6.45, 7) is 0. The number of hydrogen-bond acceptors (Lipinski definition) is 3. The van der Waals surface area contributed by atoms with Crippen LogP contribution in [-0.2, 0) is 10.1 Å². The fourth-order valence-corrected chi connectivity index (χ4v) is 2.87. The fourth-order valence-electron chi connectivity index (χ4n) is 2.87. The predicted octanol–water partition coefficient (Wildman–Crippen LogP) is 3.64. The van der Waals surface area contributed by atoms with Crippen molar-refractivity contribution in [2.24, 2.45) is 0 Å². The van der Waals surface area contributed by atoms with Gasteiger partial charge >= 0.3 is 15.6 Å². The van der Waals surface area contributed by atoms with E-state index in [4.69, 9.17) is 13.0 Å². The Hall–Kier alpha value is -0.340. The van der Waals surface area contributed by atoms with Gasteiger partial charge in [0.1, 0.15) is 0 Å². The van der Waals surface area contributed by atoms with E-state index in [1.165, 1.54) is 64.2 Å². The van der Waals surface area contributed by atoms with E-state index in [-0.39, 0.29) is 0 Å². The van der Waals surface area contributed by atoms with Gasteiger partial charge in [-0.05, 0) is 25.7 Å². The Morgan fingerprint density at radius 2 is 1.10 bits per heavy atom. The van der Waals surface area contributed by atoms with Crippen LogP contribution in [0.5, 0.6) is 0 Å². The maximum absolute atomic E-state index is 10.7. The molecule has 2 fully saturated rings. The highest BCUT2D eigenvalue weighted by atomic mass is 32.2. The largest absolute Gasteiger partial charge is 0.522 e. The molecule has 0 amide bonds. The van der Waals surface area contributed by atoms with Crippen LogP contribution in [0.4, 0.5) is 13.2 Å². The molecule has 21 heavy (non-hydrogen) atoms. The van der Waals surface area contributed by atoms with Gasteiger partial charge in [0.05, 0.1) is 0 Å². The summed E-state index contributed by atoms with van der Waals surface area (Å²) in [7, 11) is -5.84. The quantitative estimate of drug-likeness (QED) is 0.599. The van der Waals surface area contributed by atoms with Crippen molar-refractivity contribution >= 4 is 10.1 Å². The minimum absolute atomic E-state index is 0.872. The van der Waals surface area contributed by atoms with Crippen molar-refractivity contribution in [3.05, 3.63) is 0 Å². The lowest BCUT2D eigenvalue weighted by Crippen LogP contribution is -2.40. The van der Waals surface area contributed by atoms with E-state index in [2.05, 4.69) is 5.32 Å². The Kier molecular flexibility index (Phi) is 7.42. The van der Waals surface area contributed by atoms with E-state index in [0.29, 0.717) is 0 Å². The van der Waals surface area contributed by atoms with Crippen molar-refractivity contribution < 1.29 is 26.1 Å². The molecule has 4 nitrogen and oxygen atoms in total. The fraction of sp³-hybridized carbons (Fsp3) is 1.00. The zero-order chi connectivity index (χ0) is 15.9. The molecule has 0 aromatic rings. The van der Waals surface area contributed by atoms with Gasteiger partial charge < -0.3 is 5.32 Å². The molecular formula is C13H24F3NO3S. The zero-order valence-corrected chi connectivity index (χ0v) is 12.8. The molecule has 8 heteroatoms. The Morgan fingerprint density at radius 1 is 0.810 bits per heavy atom. The molecule has 0 aromatic carbocycles. The minimum atomic E-state index is -5.84. The minimum Gasteiger partial charge on any atom is -0.311 e. The maximum Gasteiger partial charge on any atom is 0.522 e. The normalized spacial score (nSPS) is 22.5. The van der Waals surface area contributed by atoms with Crippen LogP contribution >= 0.6 is 0 Å². The SMILES string of the molecule is C1CCC(NC2CCCCC2)CC1.O=S(=O)(O)C(F)(F)F. The molecule has 126 valence electrons. The van der Waals surface area contributed by atoms with Crippen LogP contribution in [0.1, 0.15) is 64.2 Å². The van der Waals surface area contributed by atoms with Crippen molar-refractivity contribution in [1.82, 2.24) is 5.32 Å². The van der Waals surface area contributed by atoms with Crippen molar-refractivity contribution in [2.45, 2.75) is 81.8 Å². The van der Waals surface area contributed by atoms with Crippen molar-refractivity contribution in [2.75, 3.05) is 0 Å². The van der Waals surface area contributed by atoms with Gasteiger partial charge in [0.15, 0.2) is 0 Å². The van der Waals surface area contributed by atoms with Gasteiger partial charge in [-0.15, -0.1) is 0 Å². The summed E-state index contributed by atoms with van der Waals surface area (Å²) < 4.78 is 57.5. The van der Waals surface area contributed by atoms with E-state index in [9.17, 15) is 13.2 Å². The summed E-state index contributed by atoms with van der Waals surface area (Å²) in [5.41, 5.74) is -5.53. The Balaban J connectivity index is 0.000000240. The average molecular weight is 331 g/mol. The number of rotatable bonds is 2. The van der Waals surface area contributed by atoms with Gasteiger partial charge in [0.25, 0.3) is 0 Å². The van der Waals surface area contributed by atoms with Crippen LogP contribution in [-0.4, -0.2) is 30.6 Å². The number of nitrogens with one attached hydrogen (secondary N) is 1. The highest BCUT2D eigenvalue weighted by Crippen LogP contribution is 2.22. The summed E-state index contributed by atoms with van der Waals surface area (Å²) in [4.78, 5) is 0. The highest BCUT2D eigenvalue weighted by molar-refractivity contribution is 7.86. The molecule has 2 N–H and O–H groups in total. The molecule has 0 aromatic heterocycles. The lowest BCUT2D eigenvalue weighted by molar-refractivity contribution is -0.0510. The van der Waals surface area contributed by atoms with Crippen molar-refractivity contribution in [3.8, 4) is 0 Å². The molecule has 2 saturated carbocycles. The zero-order valence-electron chi connectivity index (χ0n) is 12.0. The second-order valence-electron chi connectivity index (χ2n) is 5.76. The molecule has 2 aliphatic rings. The lowest BCUT2D eigenvalue weighted by Gasteiger charge is -2.30. The summed E-state index contributed by atoms with van der Waals surface area (Å²) in [6.07, 6.45) is 14.6. The Morgan fingerprint density at radius 3 is 1.33 bits per heavy atom. The van der Waals surface area contributed by atoms with Crippen LogP contribution in [0.3, 0.4) is 0 Å². The molecule has 0 bridgehead atoms. The molecule has 0 aliphatic heterocycles. The number of hydrogen-bond donors (Lipinski definition) is 2. The predicted molar refractivity (Wildman–Crippen MR) is 74.5 cm³/mol. The Labute approximate surface area is 124 Å². The van der Waals surface area contributed by atoms with E-state index in [1.807, 2.05) is 0 Å². The first-order valence-corrected chi connectivity index (χ1v) is 8.94. The molecule has 0 heterocycles. The molecule has 0 unspecified atom stereocenters. The molecule has 0 atom stereocenters. The first kappa shape index (κ1) is 18.7. The summed E-state index contributed by atoms with van der Waals surface area (Å²) >= 11 is 0. The van der Waals surface area contributed by atoms with Crippen LogP contribution < -0.4 is 5.32 Å². The molecule has 0 saturated heterocycles. The summed E-state index contributed by atoms with van der Waals surface area (Å²) in [5, 5.41) is 3.86. The van der Waals surface area contributed by atoms with Gasteiger partial charge in [-0.25, -0.2) is 0 Å². The summed E-state index contributed by atoms with van der Waals surface area (Å²) in [5.74, 6) is 0. The first-order valence-electron chi connectivity index (χ1n) is 7.50.